The number of piperazine rings is 1. The van der Waals surface area contributed by atoms with E-state index in [1.165, 1.54) is 10.9 Å². The number of likely N-dealkylation sites (N-methyl/N-ethyl adjacent to an activating group) is 1. The zero-order valence-corrected chi connectivity index (χ0v) is 14.4. The number of benzene rings is 1. The molecule has 134 valence electrons. The third-order valence-electron chi connectivity index (χ3n) is 4.51. The normalized spacial score (nSPS) is 16.2. The quantitative estimate of drug-likeness (QED) is 0.699. The Balaban J connectivity index is 1.55. The summed E-state index contributed by atoms with van der Waals surface area (Å²) in [6, 6.07) is 4.99. The highest BCUT2D eigenvalue weighted by Gasteiger charge is 2.13. The second-order valence-corrected chi connectivity index (χ2v) is 6.45. The van der Waals surface area contributed by atoms with Crippen molar-refractivity contribution in [2.75, 3.05) is 52.0 Å². The van der Waals surface area contributed by atoms with Gasteiger partial charge in [-0.15, -0.1) is 0 Å². The fraction of sp³-hybridized carbons (Fsp3) is 0.471. The van der Waals surface area contributed by atoms with Crippen LogP contribution in [0.3, 0.4) is 0 Å². The molecule has 3 rings (SSSR count). The number of nitrogens with one attached hydrogen (secondary N) is 1. The largest absolute Gasteiger partial charge is 0.399 e. The summed E-state index contributed by atoms with van der Waals surface area (Å²) < 4.78 is 1.31. The van der Waals surface area contributed by atoms with Gasteiger partial charge in [-0.05, 0) is 25.2 Å². The molecule has 1 aliphatic rings. The van der Waals surface area contributed by atoms with Crippen molar-refractivity contribution in [1.29, 1.82) is 0 Å². The third kappa shape index (κ3) is 4.34. The number of aromatic nitrogens is 2. The number of hydrogen-bond donors (Lipinski definition) is 2. The van der Waals surface area contributed by atoms with Crippen molar-refractivity contribution in [3.05, 3.63) is 34.9 Å². The molecule has 0 bridgehead atoms. The van der Waals surface area contributed by atoms with Gasteiger partial charge in [-0.2, -0.15) is 0 Å². The van der Waals surface area contributed by atoms with Gasteiger partial charge in [0.1, 0.15) is 6.54 Å². The average molecular weight is 344 g/mol. The number of nitrogen functional groups attached to an aromatic ring is 1. The number of carbonyl (C=O) groups excluding carboxylic acids is 1. The molecule has 1 aromatic heterocycles. The van der Waals surface area contributed by atoms with Crippen LogP contribution in [-0.4, -0.2) is 71.6 Å². The lowest BCUT2D eigenvalue weighted by atomic mass is 10.2. The van der Waals surface area contributed by atoms with Crippen molar-refractivity contribution in [2.24, 2.45) is 0 Å². The monoisotopic (exact) mass is 344 g/mol. The van der Waals surface area contributed by atoms with E-state index in [0.717, 1.165) is 32.7 Å². The molecular formula is C17H24N6O2. The Labute approximate surface area is 146 Å². The van der Waals surface area contributed by atoms with Crippen LogP contribution >= 0.6 is 0 Å². The van der Waals surface area contributed by atoms with E-state index < -0.39 is 0 Å². The van der Waals surface area contributed by atoms with Gasteiger partial charge < -0.3 is 16.0 Å². The molecule has 0 saturated carbocycles. The Morgan fingerprint density at radius 3 is 2.80 bits per heavy atom. The van der Waals surface area contributed by atoms with Gasteiger partial charge in [-0.1, -0.05) is 0 Å². The highest BCUT2D eigenvalue weighted by Crippen LogP contribution is 2.10. The lowest BCUT2D eigenvalue weighted by Gasteiger charge is -2.32. The SMILES string of the molecule is CN1CCN(CCNC(=O)Cn2cnc3ccc(N)cc3c2=O)CC1. The van der Waals surface area contributed by atoms with Crippen LogP contribution in [0.15, 0.2) is 29.3 Å². The van der Waals surface area contributed by atoms with Gasteiger partial charge in [-0.3, -0.25) is 19.1 Å². The molecule has 25 heavy (non-hydrogen) atoms. The number of amides is 1. The summed E-state index contributed by atoms with van der Waals surface area (Å²) in [6.07, 6.45) is 1.40. The van der Waals surface area contributed by atoms with E-state index in [4.69, 9.17) is 5.73 Å². The van der Waals surface area contributed by atoms with Crippen molar-refractivity contribution in [1.82, 2.24) is 24.7 Å². The summed E-state index contributed by atoms with van der Waals surface area (Å²) in [7, 11) is 2.11. The summed E-state index contributed by atoms with van der Waals surface area (Å²) in [5, 5.41) is 3.29. The van der Waals surface area contributed by atoms with Crippen molar-refractivity contribution in [2.45, 2.75) is 6.54 Å². The number of anilines is 1. The van der Waals surface area contributed by atoms with E-state index in [1.807, 2.05) is 0 Å². The average Bonchev–Trinajstić information content (AvgIpc) is 2.60. The molecule has 8 heteroatoms. The minimum absolute atomic E-state index is 0.0424. The maximum absolute atomic E-state index is 12.4. The number of fused-ring (bicyclic) bond motifs is 1. The lowest BCUT2D eigenvalue weighted by Crippen LogP contribution is -2.47. The van der Waals surface area contributed by atoms with E-state index in [9.17, 15) is 9.59 Å². The maximum Gasteiger partial charge on any atom is 0.261 e. The smallest absolute Gasteiger partial charge is 0.261 e. The highest BCUT2D eigenvalue weighted by molar-refractivity contribution is 5.81. The maximum atomic E-state index is 12.4. The molecule has 0 radical (unpaired) electrons. The number of nitrogens with two attached hydrogens (primary N) is 1. The fourth-order valence-electron chi connectivity index (χ4n) is 2.92. The molecule has 0 spiro atoms. The second-order valence-electron chi connectivity index (χ2n) is 6.45. The van der Waals surface area contributed by atoms with Crippen molar-refractivity contribution in [3.63, 3.8) is 0 Å². The topological polar surface area (TPSA) is 96.5 Å². The lowest BCUT2D eigenvalue weighted by molar-refractivity contribution is -0.121. The van der Waals surface area contributed by atoms with Gasteiger partial charge in [0.15, 0.2) is 0 Å². The van der Waals surface area contributed by atoms with Gasteiger partial charge in [0.05, 0.1) is 17.2 Å². The molecular weight excluding hydrogens is 320 g/mol. The number of carbonyl (C=O) groups is 1. The fourth-order valence-corrected chi connectivity index (χ4v) is 2.92. The van der Waals surface area contributed by atoms with Crippen LogP contribution in [0.1, 0.15) is 0 Å². The Hall–Kier alpha value is -2.45. The van der Waals surface area contributed by atoms with Crippen molar-refractivity contribution >= 4 is 22.5 Å². The van der Waals surface area contributed by atoms with E-state index in [2.05, 4.69) is 27.1 Å². The molecule has 3 N–H and O–H groups in total. The first kappa shape index (κ1) is 17.4. The summed E-state index contributed by atoms with van der Waals surface area (Å²) in [4.78, 5) is 33.4. The first-order chi connectivity index (χ1) is 12.0. The van der Waals surface area contributed by atoms with E-state index >= 15 is 0 Å². The Morgan fingerprint density at radius 1 is 1.28 bits per heavy atom. The van der Waals surface area contributed by atoms with Crippen LogP contribution < -0.4 is 16.6 Å². The van der Waals surface area contributed by atoms with Crippen LogP contribution in [0.25, 0.3) is 10.9 Å². The Kier molecular flexibility index (Phi) is 5.30. The zero-order chi connectivity index (χ0) is 17.8. The third-order valence-corrected chi connectivity index (χ3v) is 4.51. The number of hydrogen-bond acceptors (Lipinski definition) is 6. The summed E-state index contributed by atoms with van der Waals surface area (Å²) in [5.74, 6) is -0.193. The Bertz CT molecular complexity index is 810. The molecule has 0 aliphatic carbocycles. The molecule has 2 aromatic rings. The molecule has 0 unspecified atom stereocenters. The van der Waals surface area contributed by atoms with Gasteiger partial charge in [0.2, 0.25) is 5.91 Å². The van der Waals surface area contributed by atoms with Gasteiger partial charge in [0.25, 0.3) is 5.56 Å². The van der Waals surface area contributed by atoms with Crippen LogP contribution in [0, 0.1) is 0 Å². The first-order valence-corrected chi connectivity index (χ1v) is 8.45. The van der Waals surface area contributed by atoms with Crippen molar-refractivity contribution in [3.8, 4) is 0 Å². The highest BCUT2D eigenvalue weighted by atomic mass is 16.2. The molecule has 0 atom stereocenters. The first-order valence-electron chi connectivity index (χ1n) is 8.45. The van der Waals surface area contributed by atoms with Crippen LogP contribution in [0.4, 0.5) is 5.69 Å². The summed E-state index contributed by atoms with van der Waals surface area (Å²) in [6.45, 7) is 5.49. The van der Waals surface area contributed by atoms with Crippen LogP contribution in [0.2, 0.25) is 0 Å². The second kappa shape index (κ2) is 7.62. The van der Waals surface area contributed by atoms with E-state index in [-0.39, 0.29) is 18.0 Å². The van der Waals surface area contributed by atoms with Gasteiger partial charge >= 0.3 is 0 Å². The summed E-state index contributed by atoms with van der Waals surface area (Å²) >= 11 is 0. The van der Waals surface area contributed by atoms with Crippen LogP contribution in [0.5, 0.6) is 0 Å². The Morgan fingerprint density at radius 2 is 2.04 bits per heavy atom. The van der Waals surface area contributed by atoms with Gasteiger partial charge in [-0.25, -0.2) is 4.98 Å². The van der Waals surface area contributed by atoms with E-state index in [1.54, 1.807) is 18.2 Å². The molecule has 1 aliphatic heterocycles. The standard InChI is InChI=1S/C17H24N6O2/c1-21-6-8-22(9-7-21)5-4-19-16(24)11-23-12-20-15-3-2-13(18)10-14(15)17(23)25/h2-3,10,12H,4-9,11,18H2,1H3,(H,19,24). The minimum atomic E-state index is -0.258. The summed E-state index contributed by atoms with van der Waals surface area (Å²) in [5.41, 5.74) is 6.54. The zero-order valence-electron chi connectivity index (χ0n) is 14.4. The van der Waals surface area contributed by atoms with Crippen molar-refractivity contribution < 1.29 is 4.79 Å². The molecule has 8 nitrogen and oxygen atoms in total. The van der Waals surface area contributed by atoms with Crippen LogP contribution in [-0.2, 0) is 11.3 Å². The minimum Gasteiger partial charge on any atom is -0.399 e. The molecule has 1 amide bonds. The number of rotatable bonds is 5. The van der Waals surface area contributed by atoms with Gasteiger partial charge in [0, 0.05) is 45.0 Å². The molecule has 1 fully saturated rings. The molecule has 2 heterocycles. The molecule has 1 aromatic carbocycles. The predicted octanol–water partition coefficient (Wildman–Crippen LogP) is -0.658. The number of nitrogens with zero attached hydrogens (tertiary/aromatic N) is 4. The van der Waals surface area contributed by atoms with E-state index in [0.29, 0.717) is 23.1 Å². The molecule has 1 saturated heterocycles. The predicted molar refractivity (Wildman–Crippen MR) is 97.4 cm³/mol.